The number of carbonyl (C=O) groups excluding carboxylic acids is 2. The monoisotopic (exact) mass is 364 g/mol. The first-order chi connectivity index (χ1) is 13.3. The molecule has 138 valence electrons. The molecule has 0 aliphatic rings. The minimum Gasteiger partial charge on any atom is -0.315 e. The summed E-state index contributed by atoms with van der Waals surface area (Å²) in [6.07, 6.45) is 2.82. The summed E-state index contributed by atoms with van der Waals surface area (Å²) in [6, 6.07) is 15.0. The Kier molecular flexibility index (Phi) is 6.37. The molecule has 1 unspecified atom stereocenters. The number of benzene rings is 1. The lowest BCUT2D eigenvalue weighted by Crippen LogP contribution is -2.26. The van der Waals surface area contributed by atoms with E-state index in [0.717, 1.165) is 11.8 Å². The maximum absolute atomic E-state index is 12.0. The van der Waals surface area contributed by atoms with Gasteiger partial charge in [-0.15, -0.1) is 10.2 Å². The van der Waals surface area contributed by atoms with E-state index in [1.165, 1.54) is 0 Å². The third kappa shape index (κ3) is 5.29. The first kappa shape index (κ1) is 18.4. The largest absolute Gasteiger partial charge is 0.315 e. The van der Waals surface area contributed by atoms with Gasteiger partial charge in [0, 0.05) is 25.7 Å². The Hall–Kier alpha value is -3.39. The van der Waals surface area contributed by atoms with Crippen molar-refractivity contribution in [1.29, 1.82) is 0 Å². The van der Waals surface area contributed by atoms with Crippen LogP contribution in [-0.2, 0) is 9.59 Å². The minimum absolute atomic E-state index is 0.200. The van der Waals surface area contributed by atoms with Gasteiger partial charge < -0.3 is 15.1 Å². The van der Waals surface area contributed by atoms with E-state index in [2.05, 4.69) is 30.8 Å². The number of nitrogens with one attached hydrogen (secondary N) is 3. The van der Waals surface area contributed by atoms with E-state index in [4.69, 9.17) is 0 Å². The molecule has 1 amide bonds. The van der Waals surface area contributed by atoms with Crippen LogP contribution in [0.25, 0.3) is 11.5 Å². The number of hydrogen-bond donors (Lipinski definition) is 3. The molecule has 0 fully saturated rings. The van der Waals surface area contributed by atoms with Crippen LogP contribution in [0.15, 0.2) is 54.7 Å². The third-order valence-electron chi connectivity index (χ3n) is 3.94. The second kappa shape index (κ2) is 9.35. The highest BCUT2D eigenvalue weighted by atomic mass is 16.1. The summed E-state index contributed by atoms with van der Waals surface area (Å²) in [5, 5.41) is 13.7. The molecule has 2 aromatic heterocycles. The zero-order chi connectivity index (χ0) is 18.9. The summed E-state index contributed by atoms with van der Waals surface area (Å²) in [4.78, 5) is 30.4. The highest BCUT2D eigenvalue weighted by Gasteiger charge is 2.11. The Morgan fingerprint density at radius 3 is 2.67 bits per heavy atom. The van der Waals surface area contributed by atoms with Gasteiger partial charge in [-0.2, -0.15) is 0 Å². The maximum Gasteiger partial charge on any atom is 0.228 e. The van der Waals surface area contributed by atoms with Crippen LogP contribution in [0.5, 0.6) is 0 Å². The van der Waals surface area contributed by atoms with Crippen molar-refractivity contribution in [3.8, 4) is 11.5 Å². The molecule has 1 atom stereocenters. The number of H-pyrrole nitrogens is 1. The SMILES string of the molecule is O=CC(CNCCC(=O)Nc1nnc(-c2ccccn2)[nH]1)c1ccccc1. The first-order valence-corrected chi connectivity index (χ1v) is 8.61. The molecule has 3 rings (SSSR count). The molecule has 3 N–H and O–H groups in total. The molecule has 1 aromatic carbocycles. The summed E-state index contributed by atoms with van der Waals surface area (Å²) < 4.78 is 0. The van der Waals surface area contributed by atoms with Crippen molar-refractivity contribution < 1.29 is 9.59 Å². The van der Waals surface area contributed by atoms with Crippen LogP contribution in [0.3, 0.4) is 0 Å². The molecule has 0 saturated carbocycles. The summed E-state index contributed by atoms with van der Waals surface area (Å²) in [5.41, 5.74) is 1.60. The van der Waals surface area contributed by atoms with Gasteiger partial charge in [0.2, 0.25) is 11.9 Å². The molecule has 0 aliphatic heterocycles. The fraction of sp³-hybridized carbons (Fsp3) is 0.211. The molecular weight excluding hydrogens is 344 g/mol. The van der Waals surface area contributed by atoms with E-state index >= 15 is 0 Å². The van der Waals surface area contributed by atoms with Crippen molar-refractivity contribution in [1.82, 2.24) is 25.5 Å². The molecule has 0 spiro atoms. The maximum atomic E-state index is 12.0. The number of carbonyl (C=O) groups is 2. The Morgan fingerprint density at radius 2 is 1.93 bits per heavy atom. The number of hydrogen-bond acceptors (Lipinski definition) is 6. The van der Waals surface area contributed by atoms with Crippen LogP contribution < -0.4 is 10.6 Å². The summed E-state index contributed by atoms with van der Waals surface area (Å²) >= 11 is 0. The van der Waals surface area contributed by atoms with Crippen molar-refractivity contribution in [2.45, 2.75) is 12.3 Å². The number of aromatic amines is 1. The number of amides is 1. The number of nitrogens with zero attached hydrogens (tertiary/aromatic N) is 3. The molecule has 2 heterocycles. The van der Waals surface area contributed by atoms with Gasteiger partial charge in [-0.3, -0.25) is 15.1 Å². The van der Waals surface area contributed by atoms with E-state index in [-0.39, 0.29) is 24.2 Å². The van der Waals surface area contributed by atoms with Crippen molar-refractivity contribution in [2.75, 3.05) is 18.4 Å². The van der Waals surface area contributed by atoms with Gasteiger partial charge in [0.15, 0.2) is 5.82 Å². The Labute approximate surface area is 156 Å². The van der Waals surface area contributed by atoms with Gasteiger partial charge in [-0.1, -0.05) is 36.4 Å². The topological polar surface area (TPSA) is 113 Å². The lowest BCUT2D eigenvalue weighted by atomic mass is 10.0. The lowest BCUT2D eigenvalue weighted by molar-refractivity contribution is -0.116. The summed E-state index contributed by atoms with van der Waals surface area (Å²) in [7, 11) is 0. The van der Waals surface area contributed by atoms with Gasteiger partial charge in [-0.25, -0.2) is 0 Å². The minimum atomic E-state index is -0.232. The first-order valence-electron chi connectivity index (χ1n) is 8.61. The lowest BCUT2D eigenvalue weighted by Gasteiger charge is -2.11. The van der Waals surface area contributed by atoms with Crippen LogP contribution in [0.4, 0.5) is 5.95 Å². The third-order valence-corrected chi connectivity index (χ3v) is 3.94. The highest BCUT2D eigenvalue weighted by molar-refractivity contribution is 5.89. The van der Waals surface area contributed by atoms with Gasteiger partial charge in [-0.05, 0) is 17.7 Å². The molecule has 0 radical (unpaired) electrons. The Balaban J connectivity index is 1.42. The number of anilines is 1. The predicted octanol–water partition coefficient (Wildman–Crippen LogP) is 1.77. The summed E-state index contributed by atoms with van der Waals surface area (Å²) in [6.45, 7) is 0.928. The van der Waals surface area contributed by atoms with Crippen molar-refractivity contribution >= 4 is 18.1 Å². The smallest absolute Gasteiger partial charge is 0.228 e. The molecule has 27 heavy (non-hydrogen) atoms. The predicted molar refractivity (Wildman–Crippen MR) is 101 cm³/mol. The van der Waals surface area contributed by atoms with Crippen LogP contribution in [0.2, 0.25) is 0 Å². The van der Waals surface area contributed by atoms with E-state index in [0.29, 0.717) is 24.6 Å². The van der Waals surface area contributed by atoms with Crippen LogP contribution >= 0.6 is 0 Å². The molecule has 8 nitrogen and oxygen atoms in total. The van der Waals surface area contributed by atoms with E-state index in [1.54, 1.807) is 12.3 Å². The Morgan fingerprint density at radius 1 is 1.11 bits per heavy atom. The average Bonchev–Trinajstić information content (AvgIpc) is 3.18. The van der Waals surface area contributed by atoms with Gasteiger partial charge in [0.25, 0.3) is 0 Å². The fourth-order valence-electron chi connectivity index (χ4n) is 2.54. The van der Waals surface area contributed by atoms with E-state index < -0.39 is 0 Å². The average molecular weight is 364 g/mol. The van der Waals surface area contributed by atoms with Gasteiger partial charge in [0.1, 0.15) is 12.0 Å². The van der Waals surface area contributed by atoms with Crippen molar-refractivity contribution in [3.63, 3.8) is 0 Å². The van der Waals surface area contributed by atoms with Gasteiger partial charge >= 0.3 is 0 Å². The number of aromatic nitrogens is 4. The number of rotatable bonds is 9. The van der Waals surface area contributed by atoms with E-state index in [9.17, 15) is 9.59 Å². The molecule has 8 heteroatoms. The van der Waals surface area contributed by atoms with Crippen LogP contribution in [0.1, 0.15) is 17.9 Å². The fourth-order valence-corrected chi connectivity index (χ4v) is 2.54. The molecule has 3 aromatic rings. The summed E-state index contributed by atoms with van der Waals surface area (Å²) in [5.74, 6) is 0.328. The zero-order valence-electron chi connectivity index (χ0n) is 14.6. The highest BCUT2D eigenvalue weighted by Crippen LogP contribution is 2.13. The zero-order valence-corrected chi connectivity index (χ0v) is 14.6. The normalized spacial score (nSPS) is 11.7. The second-order valence-corrected chi connectivity index (χ2v) is 5.89. The molecule has 0 saturated heterocycles. The van der Waals surface area contributed by atoms with Gasteiger partial charge in [0.05, 0.1) is 5.92 Å². The van der Waals surface area contributed by atoms with Crippen molar-refractivity contribution in [3.05, 3.63) is 60.3 Å². The van der Waals surface area contributed by atoms with Crippen molar-refractivity contribution in [2.24, 2.45) is 0 Å². The number of pyridine rings is 1. The molecule has 0 bridgehead atoms. The quantitative estimate of drug-likeness (QED) is 0.394. The van der Waals surface area contributed by atoms with Crippen LogP contribution in [0, 0.1) is 0 Å². The number of aldehydes is 1. The molecule has 0 aliphatic carbocycles. The molecular formula is C19H20N6O2. The second-order valence-electron chi connectivity index (χ2n) is 5.89. The van der Waals surface area contributed by atoms with E-state index in [1.807, 2.05) is 42.5 Å². The Bertz CT molecular complexity index is 866. The standard InChI is InChI=1S/C19H20N6O2/c26-13-15(14-6-2-1-3-7-14)12-20-11-9-17(27)22-19-23-18(24-25-19)16-8-4-5-10-21-16/h1-8,10,13,15,20H,9,11-12H2,(H2,22,23,24,25,27). The van der Waals surface area contributed by atoms with Crippen LogP contribution in [-0.4, -0.2) is 45.4 Å².